The molecule has 0 bridgehead atoms. The standard InChI is InChI=1S/C13H21N3O2S/c1-2-10(13-15-5-8-19-13)16-12(17)11(14)9-3-6-18-7-4-9/h5,8-11H,2-4,6-7,14H2,1H3,(H,16,17). The van der Waals surface area contributed by atoms with Crippen LogP contribution < -0.4 is 11.1 Å². The first-order valence-electron chi connectivity index (χ1n) is 6.75. The van der Waals surface area contributed by atoms with Gasteiger partial charge in [-0.1, -0.05) is 6.92 Å². The highest BCUT2D eigenvalue weighted by Crippen LogP contribution is 2.21. The van der Waals surface area contributed by atoms with Gasteiger partial charge in [0, 0.05) is 24.8 Å². The van der Waals surface area contributed by atoms with Gasteiger partial charge >= 0.3 is 0 Å². The van der Waals surface area contributed by atoms with Crippen LogP contribution in [0, 0.1) is 5.92 Å². The lowest BCUT2D eigenvalue weighted by Crippen LogP contribution is -2.48. The second-order valence-electron chi connectivity index (χ2n) is 4.82. The van der Waals surface area contributed by atoms with Gasteiger partial charge in [-0.25, -0.2) is 4.98 Å². The van der Waals surface area contributed by atoms with Gasteiger partial charge in [0.25, 0.3) is 0 Å². The molecule has 1 amide bonds. The maximum atomic E-state index is 12.2. The number of nitrogens with one attached hydrogen (secondary N) is 1. The predicted molar refractivity (Wildman–Crippen MR) is 74.8 cm³/mol. The van der Waals surface area contributed by atoms with Crippen LogP contribution in [0.2, 0.25) is 0 Å². The smallest absolute Gasteiger partial charge is 0.237 e. The molecule has 2 unspecified atom stereocenters. The minimum absolute atomic E-state index is 0.0293. The molecule has 5 nitrogen and oxygen atoms in total. The Kier molecular flexibility index (Phi) is 5.30. The molecule has 0 saturated carbocycles. The van der Waals surface area contributed by atoms with Crippen LogP contribution >= 0.6 is 11.3 Å². The lowest BCUT2D eigenvalue weighted by molar-refractivity contribution is -0.125. The van der Waals surface area contributed by atoms with Crippen molar-refractivity contribution in [3.63, 3.8) is 0 Å². The Bertz CT molecular complexity index is 391. The quantitative estimate of drug-likeness (QED) is 0.857. The van der Waals surface area contributed by atoms with Gasteiger partial charge in [0.2, 0.25) is 5.91 Å². The zero-order chi connectivity index (χ0) is 13.7. The SMILES string of the molecule is CCC(NC(=O)C(N)C1CCOCC1)c1nccs1. The van der Waals surface area contributed by atoms with E-state index in [1.807, 2.05) is 12.3 Å². The number of rotatable bonds is 5. The van der Waals surface area contributed by atoms with E-state index in [2.05, 4.69) is 10.3 Å². The highest BCUT2D eigenvalue weighted by molar-refractivity contribution is 7.09. The van der Waals surface area contributed by atoms with E-state index in [0.29, 0.717) is 13.2 Å². The third-order valence-corrected chi connectivity index (χ3v) is 4.44. The first-order chi connectivity index (χ1) is 9.22. The van der Waals surface area contributed by atoms with E-state index in [1.54, 1.807) is 17.5 Å². The second kappa shape index (κ2) is 6.98. The summed E-state index contributed by atoms with van der Waals surface area (Å²) in [6.07, 6.45) is 4.30. The molecule has 2 heterocycles. The second-order valence-corrected chi connectivity index (χ2v) is 5.74. The van der Waals surface area contributed by atoms with Crippen LogP contribution in [0.1, 0.15) is 37.2 Å². The zero-order valence-corrected chi connectivity index (χ0v) is 12.0. The molecule has 1 aromatic heterocycles. The Morgan fingerprint density at radius 3 is 2.95 bits per heavy atom. The minimum Gasteiger partial charge on any atom is -0.381 e. The van der Waals surface area contributed by atoms with E-state index in [9.17, 15) is 4.79 Å². The number of carbonyl (C=O) groups is 1. The summed E-state index contributed by atoms with van der Waals surface area (Å²) < 4.78 is 5.30. The van der Waals surface area contributed by atoms with E-state index in [1.165, 1.54) is 0 Å². The number of carbonyl (C=O) groups excluding carboxylic acids is 1. The van der Waals surface area contributed by atoms with Crippen molar-refractivity contribution in [3.8, 4) is 0 Å². The van der Waals surface area contributed by atoms with Gasteiger partial charge in [-0.05, 0) is 25.2 Å². The molecule has 1 aliphatic heterocycles. The largest absolute Gasteiger partial charge is 0.381 e. The molecule has 0 spiro atoms. The van der Waals surface area contributed by atoms with Crippen LogP contribution in [0.15, 0.2) is 11.6 Å². The molecule has 19 heavy (non-hydrogen) atoms. The molecule has 6 heteroatoms. The Labute approximate surface area is 117 Å². The van der Waals surface area contributed by atoms with Crippen molar-refractivity contribution < 1.29 is 9.53 Å². The summed E-state index contributed by atoms with van der Waals surface area (Å²) in [5.41, 5.74) is 6.06. The topological polar surface area (TPSA) is 77.2 Å². The highest BCUT2D eigenvalue weighted by atomic mass is 32.1. The van der Waals surface area contributed by atoms with Crippen molar-refractivity contribution in [2.45, 2.75) is 38.3 Å². The normalized spacial score (nSPS) is 19.9. The van der Waals surface area contributed by atoms with Crippen LogP contribution in [0.3, 0.4) is 0 Å². The molecule has 0 radical (unpaired) electrons. The molecule has 2 rings (SSSR count). The number of ether oxygens (including phenoxy) is 1. The molecule has 2 atom stereocenters. The molecule has 3 N–H and O–H groups in total. The Balaban J connectivity index is 1.91. The van der Waals surface area contributed by atoms with Gasteiger partial charge in [0.05, 0.1) is 12.1 Å². The number of hydrogen-bond donors (Lipinski definition) is 2. The Morgan fingerprint density at radius 1 is 1.63 bits per heavy atom. The van der Waals surface area contributed by atoms with Crippen LogP contribution in [-0.2, 0) is 9.53 Å². The fourth-order valence-electron chi connectivity index (χ4n) is 2.30. The average Bonchev–Trinajstić information content (AvgIpc) is 2.98. The van der Waals surface area contributed by atoms with Crippen molar-refractivity contribution in [1.82, 2.24) is 10.3 Å². The van der Waals surface area contributed by atoms with Crippen LogP contribution in [-0.4, -0.2) is 30.1 Å². The minimum atomic E-state index is -0.446. The Morgan fingerprint density at radius 2 is 2.37 bits per heavy atom. The van der Waals surface area contributed by atoms with E-state index in [0.717, 1.165) is 24.3 Å². The summed E-state index contributed by atoms with van der Waals surface area (Å²) in [6.45, 7) is 3.44. The number of nitrogens with zero attached hydrogens (tertiary/aromatic N) is 1. The van der Waals surface area contributed by atoms with E-state index >= 15 is 0 Å². The molecule has 0 aromatic carbocycles. The molecule has 1 saturated heterocycles. The lowest BCUT2D eigenvalue weighted by atomic mass is 9.91. The fourth-order valence-corrected chi connectivity index (χ4v) is 3.07. The van der Waals surface area contributed by atoms with E-state index in [-0.39, 0.29) is 17.9 Å². The number of aromatic nitrogens is 1. The third-order valence-electron chi connectivity index (χ3n) is 3.55. The lowest BCUT2D eigenvalue weighted by Gasteiger charge is -2.28. The van der Waals surface area contributed by atoms with Crippen molar-refractivity contribution in [3.05, 3.63) is 16.6 Å². The van der Waals surface area contributed by atoms with Crippen LogP contribution in [0.5, 0.6) is 0 Å². The molecule has 1 fully saturated rings. The average molecular weight is 283 g/mol. The first kappa shape index (κ1) is 14.4. The highest BCUT2D eigenvalue weighted by Gasteiger charge is 2.28. The molecule has 106 valence electrons. The summed E-state index contributed by atoms with van der Waals surface area (Å²) in [7, 11) is 0. The van der Waals surface area contributed by atoms with Gasteiger partial charge in [0.1, 0.15) is 5.01 Å². The van der Waals surface area contributed by atoms with E-state index in [4.69, 9.17) is 10.5 Å². The monoisotopic (exact) mass is 283 g/mol. The maximum Gasteiger partial charge on any atom is 0.237 e. The molecule has 1 aliphatic rings. The summed E-state index contributed by atoms with van der Waals surface area (Å²) in [4.78, 5) is 16.5. The molecule has 0 aliphatic carbocycles. The zero-order valence-electron chi connectivity index (χ0n) is 11.2. The summed E-state index contributed by atoms with van der Waals surface area (Å²) in [6, 6.07) is -0.476. The fraction of sp³-hybridized carbons (Fsp3) is 0.692. The summed E-state index contributed by atoms with van der Waals surface area (Å²) in [5.74, 6) is 0.150. The molecular formula is C13H21N3O2S. The van der Waals surface area contributed by atoms with Crippen molar-refractivity contribution in [2.24, 2.45) is 11.7 Å². The van der Waals surface area contributed by atoms with Gasteiger partial charge in [0.15, 0.2) is 0 Å². The van der Waals surface area contributed by atoms with E-state index < -0.39 is 6.04 Å². The number of amides is 1. The van der Waals surface area contributed by atoms with Gasteiger partial charge in [-0.2, -0.15) is 0 Å². The van der Waals surface area contributed by atoms with Crippen LogP contribution in [0.4, 0.5) is 0 Å². The molecule has 1 aromatic rings. The first-order valence-corrected chi connectivity index (χ1v) is 7.63. The third kappa shape index (κ3) is 3.75. The Hall–Kier alpha value is -0.980. The maximum absolute atomic E-state index is 12.2. The number of thiazole rings is 1. The predicted octanol–water partition coefficient (Wildman–Crippen LogP) is 1.46. The number of nitrogens with two attached hydrogens (primary N) is 1. The van der Waals surface area contributed by atoms with Gasteiger partial charge in [-0.3, -0.25) is 4.79 Å². The molecular weight excluding hydrogens is 262 g/mol. The number of hydrogen-bond acceptors (Lipinski definition) is 5. The van der Waals surface area contributed by atoms with Gasteiger partial charge in [-0.15, -0.1) is 11.3 Å². The van der Waals surface area contributed by atoms with Gasteiger partial charge < -0.3 is 15.8 Å². The summed E-state index contributed by atoms with van der Waals surface area (Å²) in [5, 5.41) is 5.87. The summed E-state index contributed by atoms with van der Waals surface area (Å²) >= 11 is 1.56. The van der Waals surface area contributed by atoms with Crippen LogP contribution in [0.25, 0.3) is 0 Å². The van der Waals surface area contributed by atoms with Crippen molar-refractivity contribution in [2.75, 3.05) is 13.2 Å². The van der Waals surface area contributed by atoms with Crippen molar-refractivity contribution >= 4 is 17.2 Å². The van der Waals surface area contributed by atoms with Crippen molar-refractivity contribution in [1.29, 1.82) is 0 Å².